The molecule has 1 aromatic rings. The fourth-order valence-corrected chi connectivity index (χ4v) is 2.21. The molecular formula is C13H14ClNO. The molecule has 0 saturated carbocycles. The van der Waals surface area contributed by atoms with Crippen LogP contribution in [-0.4, -0.2) is 13.2 Å². The van der Waals surface area contributed by atoms with Crippen molar-refractivity contribution in [1.29, 1.82) is 5.26 Å². The molecule has 84 valence electrons. The molecule has 0 aromatic heterocycles. The molecule has 1 heterocycles. The smallest absolute Gasteiger partial charge is 0.0695 e. The van der Waals surface area contributed by atoms with Crippen LogP contribution in [-0.2, 0) is 11.2 Å². The van der Waals surface area contributed by atoms with Gasteiger partial charge in [0.05, 0.1) is 11.5 Å². The maximum absolute atomic E-state index is 9.33. The lowest BCUT2D eigenvalue weighted by Crippen LogP contribution is -2.30. The first kappa shape index (κ1) is 11.4. The molecule has 3 heteroatoms. The molecule has 0 atom stereocenters. The molecule has 16 heavy (non-hydrogen) atoms. The highest BCUT2D eigenvalue weighted by molar-refractivity contribution is 6.30. The molecule has 0 radical (unpaired) electrons. The zero-order chi connectivity index (χ0) is 11.4. The highest BCUT2D eigenvalue weighted by Crippen LogP contribution is 2.33. The molecule has 1 aromatic carbocycles. The number of nitrogens with zero attached hydrogens (tertiary/aromatic N) is 1. The maximum Gasteiger partial charge on any atom is 0.0695 e. The minimum atomic E-state index is -0.244. The monoisotopic (exact) mass is 235 g/mol. The summed E-state index contributed by atoms with van der Waals surface area (Å²) < 4.78 is 5.31. The largest absolute Gasteiger partial charge is 0.381 e. The summed E-state index contributed by atoms with van der Waals surface area (Å²) in [5.74, 6) is 0. The molecule has 1 aliphatic heterocycles. The molecule has 0 bridgehead atoms. The standard InChI is InChI=1S/C13H14ClNO/c14-12-3-1-11(2-4-12)9-13(10-15)5-7-16-8-6-13/h1-4H,5-9H2. The Hall–Kier alpha value is -1.04. The third kappa shape index (κ3) is 2.55. The van der Waals surface area contributed by atoms with Gasteiger partial charge in [-0.05, 0) is 37.0 Å². The van der Waals surface area contributed by atoms with Crippen molar-refractivity contribution in [3.05, 3.63) is 34.9 Å². The second-order valence-electron chi connectivity index (χ2n) is 4.31. The SMILES string of the molecule is N#CC1(Cc2ccc(Cl)cc2)CCOCC1. The summed E-state index contributed by atoms with van der Waals surface area (Å²) in [6.45, 7) is 1.39. The summed E-state index contributed by atoms with van der Waals surface area (Å²) in [5.41, 5.74) is 0.930. The van der Waals surface area contributed by atoms with Crippen LogP contribution >= 0.6 is 11.6 Å². The van der Waals surface area contributed by atoms with Crippen molar-refractivity contribution >= 4 is 11.6 Å². The average Bonchev–Trinajstić information content (AvgIpc) is 2.33. The van der Waals surface area contributed by atoms with Crippen LogP contribution in [0.4, 0.5) is 0 Å². The van der Waals surface area contributed by atoms with Crippen molar-refractivity contribution in [2.24, 2.45) is 5.41 Å². The van der Waals surface area contributed by atoms with E-state index in [4.69, 9.17) is 16.3 Å². The number of hydrogen-bond acceptors (Lipinski definition) is 2. The summed E-state index contributed by atoms with van der Waals surface area (Å²) in [5, 5.41) is 10.1. The number of benzene rings is 1. The molecule has 2 nitrogen and oxygen atoms in total. The highest BCUT2D eigenvalue weighted by atomic mass is 35.5. The summed E-state index contributed by atoms with van der Waals surface area (Å²) in [4.78, 5) is 0. The van der Waals surface area contributed by atoms with Crippen LogP contribution in [0.2, 0.25) is 5.02 Å². The van der Waals surface area contributed by atoms with E-state index in [1.165, 1.54) is 5.56 Å². The van der Waals surface area contributed by atoms with E-state index in [-0.39, 0.29) is 5.41 Å². The third-order valence-electron chi connectivity index (χ3n) is 3.14. The lowest BCUT2D eigenvalue weighted by Gasteiger charge is -2.30. The van der Waals surface area contributed by atoms with Crippen molar-refractivity contribution in [2.75, 3.05) is 13.2 Å². The van der Waals surface area contributed by atoms with Crippen LogP contribution < -0.4 is 0 Å². The molecule has 0 N–H and O–H groups in total. The fourth-order valence-electron chi connectivity index (χ4n) is 2.08. The number of halogens is 1. The van der Waals surface area contributed by atoms with Gasteiger partial charge in [-0.1, -0.05) is 23.7 Å². The third-order valence-corrected chi connectivity index (χ3v) is 3.39. The quantitative estimate of drug-likeness (QED) is 0.789. The van der Waals surface area contributed by atoms with Crippen molar-refractivity contribution in [3.63, 3.8) is 0 Å². The lowest BCUT2D eigenvalue weighted by molar-refractivity contribution is 0.0406. The summed E-state index contributed by atoms with van der Waals surface area (Å²) in [6, 6.07) is 10.2. The molecule has 1 saturated heterocycles. The van der Waals surface area contributed by atoms with E-state index < -0.39 is 0 Å². The second kappa shape index (κ2) is 4.86. The van der Waals surface area contributed by atoms with Crippen LogP contribution in [0.5, 0.6) is 0 Å². The van der Waals surface area contributed by atoms with Gasteiger partial charge >= 0.3 is 0 Å². The van der Waals surface area contributed by atoms with Crippen LogP contribution in [0.15, 0.2) is 24.3 Å². The van der Waals surface area contributed by atoms with Crippen LogP contribution in [0.25, 0.3) is 0 Å². The summed E-state index contributed by atoms with van der Waals surface area (Å²) in [6.07, 6.45) is 2.45. The summed E-state index contributed by atoms with van der Waals surface area (Å²) >= 11 is 5.84. The number of hydrogen-bond donors (Lipinski definition) is 0. The van der Waals surface area contributed by atoms with E-state index in [0.29, 0.717) is 13.2 Å². The molecule has 0 aliphatic carbocycles. The average molecular weight is 236 g/mol. The number of nitriles is 1. The lowest BCUT2D eigenvalue weighted by atomic mass is 9.77. The zero-order valence-corrected chi connectivity index (χ0v) is 9.83. The summed E-state index contributed by atoms with van der Waals surface area (Å²) in [7, 11) is 0. The van der Waals surface area contributed by atoms with Gasteiger partial charge in [-0.3, -0.25) is 0 Å². The van der Waals surface area contributed by atoms with E-state index in [2.05, 4.69) is 6.07 Å². The van der Waals surface area contributed by atoms with E-state index in [9.17, 15) is 5.26 Å². The molecule has 2 rings (SSSR count). The Balaban J connectivity index is 2.12. The molecule has 0 unspecified atom stereocenters. The molecule has 1 fully saturated rings. The van der Waals surface area contributed by atoms with Crippen LogP contribution in [0, 0.1) is 16.7 Å². The van der Waals surface area contributed by atoms with Gasteiger partial charge in [0.1, 0.15) is 0 Å². The van der Waals surface area contributed by atoms with E-state index in [1.807, 2.05) is 24.3 Å². The Morgan fingerprint density at radius 3 is 2.44 bits per heavy atom. The first-order valence-electron chi connectivity index (χ1n) is 5.48. The van der Waals surface area contributed by atoms with Crippen molar-refractivity contribution in [2.45, 2.75) is 19.3 Å². The van der Waals surface area contributed by atoms with E-state index >= 15 is 0 Å². The predicted octanol–water partition coefficient (Wildman–Crippen LogP) is 3.20. The maximum atomic E-state index is 9.33. The Kier molecular flexibility index (Phi) is 3.48. The van der Waals surface area contributed by atoms with Crippen molar-refractivity contribution in [1.82, 2.24) is 0 Å². The van der Waals surface area contributed by atoms with Gasteiger partial charge in [0, 0.05) is 18.2 Å². The Morgan fingerprint density at radius 2 is 1.88 bits per heavy atom. The fraction of sp³-hybridized carbons (Fsp3) is 0.462. The Labute approximate surface area is 101 Å². The van der Waals surface area contributed by atoms with Gasteiger partial charge in [0.15, 0.2) is 0 Å². The Morgan fingerprint density at radius 1 is 1.25 bits per heavy atom. The number of rotatable bonds is 2. The highest BCUT2D eigenvalue weighted by Gasteiger charge is 2.32. The van der Waals surface area contributed by atoms with Gasteiger partial charge in [-0.2, -0.15) is 5.26 Å². The van der Waals surface area contributed by atoms with Crippen LogP contribution in [0.1, 0.15) is 18.4 Å². The van der Waals surface area contributed by atoms with E-state index in [0.717, 1.165) is 24.3 Å². The first-order valence-corrected chi connectivity index (χ1v) is 5.85. The van der Waals surface area contributed by atoms with Gasteiger partial charge in [0.25, 0.3) is 0 Å². The van der Waals surface area contributed by atoms with Crippen molar-refractivity contribution in [3.8, 4) is 6.07 Å². The minimum absolute atomic E-state index is 0.244. The minimum Gasteiger partial charge on any atom is -0.381 e. The Bertz CT molecular complexity index is 387. The molecule has 0 amide bonds. The van der Waals surface area contributed by atoms with Crippen molar-refractivity contribution < 1.29 is 4.74 Å². The van der Waals surface area contributed by atoms with Gasteiger partial charge in [0.2, 0.25) is 0 Å². The molecule has 1 aliphatic rings. The molecular weight excluding hydrogens is 222 g/mol. The van der Waals surface area contributed by atoms with Crippen LogP contribution in [0.3, 0.4) is 0 Å². The second-order valence-corrected chi connectivity index (χ2v) is 4.74. The number of ether oxygens (including phenoxy) is 1. The topological polar surface area (TPSA) is 33.0 Å². The molecule has 0 spiro atoms. The normalized spacial score (nSPS) is 19.0. The van der Waals surface area contributed by atoms with Gasteiger partial charge in [-0.25, -0.2) is 0 Å². The zero-order valence-electron chi connectivity index (χ0n) is 9.08. The van der Waals surface area contributed by atoms with Gasteiger partial charge < -0.3 is 4.74 Å². The predicted molar refractivity (Wildman–Crippen MR) is 63.3 cm³/mol. The van der Waals surface area contributed by atoms with E-state index in [1.54, 1.807) is 0 Å². The first-order chi connectivity index (χ1) is 7.74. The van der Waals surface area contributed by atoms with Gasteiger partial charge in [-0.15, -0.1) is 0 Å².